The summed E-state index contributed by atoms with van der Waals surface area (Å²) < 4.78 is 10.6. The number of rotatable bonds is 2. The third-order valence-electron chi connectivity index (χ3n) is 3.50. The van der Waals surface area contributed by atoms with Crippen LogP contribution in [-0.4, -0.2) is 39.8 Å². The Morgan fingerprint density at radius 1 is 1.33 bits per heavy atom. The lowest BCUT2D eigenvalue weighted by molar-refractivity contribution is 0.00558. The molecule has 2 heterocycles. The molecule has 6 nitrogen and oxygen atoms in total. The fraction of sp³-hybridized carbons (Fsp3) is 0.438. The molecule has 0 unspecified atom stereocenters. The minimum Gasteiger partial charge on any atom is -0.444 e. The van der Waals surface area contributed by atoms with Crippen molar-refractivity contribution in [1.82, 2.24) is 15.0 Å². The summed E-state index contributed by atoms with van der Waals surface area (Å²) in [6.07, 6.45) is -0.334. The molecule has 0 spiro atoms. The largest absolute Gasteiger partial charge is 0.444 e. The second kappa shape index (κ2) is 6.26. The third-order valence-corrected chi connectivity index (χ3v) is 4.04. The highest BCUT2D eigenvalue weighted by atomic mass is 35.5. The maximum atomic E-state index is 11.9. The van der Waals surface area contributed by atoms with Gasteiger partial charge < -0.3 is 14.2 Å². The molecule has 24 heavy (non-hydrogen) atoms. The molecule has 1 aromatic heterocycles. The number of nitrogens with zero attached hydrogens (tertiary/aromatic N) is 3. The Morgan fingerprint density at radius 3 is 2.67 bits per heavy atom. The van der Waals surface area contributed by atoms with Gasteiger partial charge in [-0.25, -0.2) is 4.79 Å². The van der Waals surface area contributed by atoms with Crippen LogP contribution in [0, 0.1) is 0 Å². The minimum absolute atomic E-state index is 0.00449. The van der Waals surface area contributed by atoms with Gasteiger partial charge in [0.1, 0.15) is 5.60 Å². The first-order valence-corrected chi connectivity index (χ1v) is 8.25. The van der Waals surface area contributed by atoms with Gasteiger partial charge in [-0.2, -0.15) is 4.98 Å². The predicted molar refractivity (Wildman–Crippen MR) is 90.3 cm³/mol. The van der Waals surface area contributed by atoms with Gasteiger partial charge >= 0.3 is 6.09 Å². The lowest BCUT2D eigenvalue weighted by atomic mass is 10.0. The third kappa shape index (κ3) is 3.65. The minimum atomic E-state index is -0.509. The van der Waals surface area contributed by atoms with Crippen molar-refractivity contribution < 1.29 is 14.1 Å². The average Bonchev–Trinajstić information content (AvgIpc) is 2.83. The molecule has 2 aromatic rings. The number of likely N-dealkylation sites (tertiary alicyclic amines) is 1. The van der Waals surface area contributed by atoms with Crippen molar-refractivity contribution >= 4 is 29.3 Å². The van der Waals surface area contributed by atoms with Gasteiger partial charge in [0, 0.05) is 23.7 Å². The Bertz CT molecular complexity index is 764. The topological polar surface area (TPSA) is 68.5 Å². The standard InChI is InChI=1S/C16H17Cl2N3O3/c1-16(2,3)23-15(22)21-7-9(8-21)14-19-13(20-24-14)11-5-4-10(17)6-12(11)18/h4-6,9H,7-8H2,1-3H3. The van der Waals surface area contributed by atoms with Crippen molar-refractivity contribution in [2.45, 2.75) is 32.3 Å². The number of halogens is 2. The van der Waals surface area contributed by atoms with E-state index in [2.05, 4.69) is 10.1 Å². The van der Waals surface area contributed by atoms with Crippen LogP contribution in [0.4, 0.5) is 4.79 Å². The van der Waals surface area contributed by atoms with E-state index < -0.39 is 5.60 Å². The van der Waals surface area contributed by atoms with Crippen molar-refractivity contribution in [3.8, 4) is 11.4 Å². The van der Waals surface area contributed by atoms with E-state index >= 15 is 0 Å². The maximum absolute atomic E-state index is 11.9. The molecular formula is C16H17Cl2N3O3. The summed E-state index contributed by atoms with van der Waals surface area (Å²) in [6.45, 7) is 6.49. The van der Waals surface area contributed by atoms with Crippen LogP contribution in [0.5, 0.6) is 0 Å². The molecular weight excluding hydrogens is 353 g/mol. The van der Waals surface area contributed by atoms with Crippen LogP contribution < -0.4 is 0 Å². The Hall–Kier alpha value is -1.79. The van der Waals surface area contributed by atoms with E-state index in [0.717, 1.165) is 0 Å². The highest BCUT2D eigenvalue weighted by Gasteiger charge is 2.37. The normalized spacial score (nSPS) is 15.3. The lowest BCUT2D eigenvalue weighted by Gasteiger charge is -2.37. The average molecular weight is 370 g/mol. The van der Waals surface area contributed by atoms with E-state index in [4.69, 9.17) is 32.5 Å². The van der Waals surface area contributed by atoms with Crippen LogP contribution in [-0.2, 0) is 4.74 Å². The summed E-state index contributed by atoms with van der Waals surface area (Å²) in [5.41, 5.74) is 0.143. The highest BCUT2D eigenvalue weighted by Crippen LogP contribution is 2.32. The summed E-state index contributed by atoms with van der Waals surface area (Å²) in [7, 11) is 0. The highest BCUT2D eigenvalue weighted by molar-refractivity contribution is 6.36. The first-order valence-electron chi connectivity index (χ1n) is 7.50. The first kappa shape index (κ1) is 17.0. The van der Waals surface area contributed by atoms with Crippen molar-refractivity contribution in [3.63, 3.8) is 0 Å². The van der Waals surface area contributed by atoms with Gasteiger partial charge in [-0.1, -0.05) is 28.4 Å². The van der Waals surface area contributed by atoms with Crippen molar-refractivity contribution in [2.75, 3.05) is 13.1 Å². The second-order valence-electron chi connectivity index (χ2n) is 6.66. The number of benzene rings is 1. The van der Waals surface area contributed by atoms with E-state index in [1.54, 1.807) is 23.1 Å². The SMILES string of the molecule is CC(C)(C)OC(=O)N1CC(c2nc(-c3ccc(Cl)cc3Cl)no2)C1. The van der Waals surface area contributed by atoms with E-state index in [9.17, 15) is 4.79 Å². The summed E-state index contributed by atoms with van der Waals surface area (Å²) in [4.78, 5) is 17.9. The van der Waals surface area contributed by atoms with Crippen LogP contribution in [0.1, 0.15) is 32.6 Å². The Labute approximate surface area is 149 Å². The lowest BCUT2D eigenvalue weighted by Crippen LogP contribution is -2.50. The molecule has 1 aromatic carbocycles. The van der Waals surface area contributed by atoms with Gasteiger partial charge in [0.05, 0.1) is 10.9 Å². The van der Waals surface area contributed by atoms with Gasteiger partial charge in [0.15, 0.2) is 0 Å². The molecule has 0 radical (unpaired) electrons. The van der Waals surface area contributed by atoms with Crippen LogP contribution in [0.25, 0.3) is 11.4 Å². The molecule has 1 aliphatic heterocycles. The van der Waals surface area contributed by atoms with E-state index in [1.165, 1.54) is 0 Å². The van der Waals surface area contributed by atoms with E-state index in [-0.39, 0.29) is 12.0 Å². The number of carbonyl (C=O) groups is 1. The number of amides is 1. The summed E-state index contributed by atoms with van der Waals surface area (Å²) in [5.74, 6) is 0.892. The van der Waals surface area contributed by atoms with Gasteiger partial charge in [0.25, 0.3) is 0 Å². The molecule has 1 fully saturated rings. The van der Waals surface area contributed by atoms with Gasteiger partial charge in [0.2, 0.25) is 11.7 Å². The monoisotopic (exact) mass is 369 g/mol. The predicted octanol–water partition coefficient (Wildman–Crippen LogP) is 4.38. The Balaban J connectivity index is 1.65. The molecule has 0 N–H and O–H groups in total. The van der Waals surface area contributed by atoms with Crippen molar-refractivity contribution in [1.29, 1.82) is 0 Å². The molecule has 0 atom stereocenters. The number of hydrogen-bond acceptors (Lipinski definition) is 5. The smallest absolute Gasteiger partial charge is 0.410 e. The Morgan fingerprint density at radius 2 is 2.04 bits per heavy atom. The van der Waals surface area contributed by atoms with Gasteiger partial charge in [-0.15, -0.1) is 0 Å². The molecule has 8 heteroatoms. The van der Waals surface area contributed by atoms with Crippen molar-refractivity contribution in [2.24, 2.45) is 0 Å². The molecule has 1 amide bonds. The number of aromatic nitrogens is 2. The maximum Gasteiger partial charge on any atom is 0.410 e. The molecule has 0 saturated carbocycles. The van der Waals surface area contributed by atoms with Gasteiger partial charge in [-0.3, -0.25) is 0 Å². The van der Waals surface area contributed by atoms with Crippen LogP contribution in [0.15, 0.2) is 22.7 Å². The van der Waals surface area contributed by atoms with Crippen LogP contribution in [0.2, 0.25) is 10.0 Å². The zero-order valence-corrected chi connectivity index (χ0v) is 15.1. The van der Waals surface area contributed by atoms with Crippen molar-refractivity contribution in [3.05, 3.63) is 34.1 Å². The molecule has 3 rings (SSSR count). The zero-order chi connectivity index (χ0) is 17.5. The zero-order valence-electron chi connectivity index (χ0n) is 13.5. The summed E-state index contributed by atoms with van der Waals surface area (Å²) >= 11 is 12.0. The second-order valence-corrected chi connectivity index (χ2v) is 7.51. The summed E-state index contributed by atoms with van der Waals surface area (Å²) in [5, 5.41) is 4.96. The molecule has 0 bridgehead atoms. The fourth-order valence-electron chi connectivity index (χ4n) is 2.29. The van der Waals surface area contributed by atoms with E-state index in [1.807, 2.05) is 20.8 Å². The van der Waals surface area contributed by atoms with Crippen LogP contribution in [0.3, 0.4) is 0 Å². The van der Waals surface area contributed by atoms with Gasteiger partial charge in [-0.05, 0) is 39.0 Å². The first-order chi connectivity index (χ1) is 11.2. The number of carbonyl (C=O) groups excluding carboxylic acids is 1. The number of hydrogen-bond donors (Lipinski definition) is 0. The Kier molecular flexibility index (Phi) is 4.44. The fourth-order valence-corrected chi connectivity index (χ4v) is 2.78. The summed E-state index contributed by atoms with van der Waals surface area (Å²) in [6, 6.07) is 5.08. The molecule has 0 aliphatic carbocycles. The molecule has 128 valence electrons. The number of ether oxygens (including phenoxy) is 1. The molecule has 1 aliphatic rings. The quantitative estimate of drug-likeness (QED) is 0.785. The van der Waals surface area contributed by atoms with E-state index in [0.29, 0.717) is 40.4 Å². The van der Waals surface area contributed by atoms with Crippen LogP contribution >= 0.6 is 23.2 Å². The molecule has 1 saturated heterocycles.